The minimum atomic E-state index is -0.414. The Morgan fingerprint density at radius 1 is 1.17 bits per heavy atom. The van der Waals surface area contributed by atoms with E-state index < -0.39 is 6.29 Å². The van der Waals surface area contributed by atoms with Crippen LogP contribution < -0.4 is 16.0 Å². The van der Waals surface area contributed by atoms with Crippen molar-refractivity contribution in [2.75, 3.05) is 20.8 Å². The number of hydrogen-bond acceptors (Lipinski definition) is 6. The monoisotopic (exact) mass is 504 g/mol. The first-order valence-corrected chi connectivity index (χ1v) is 12.7. The smallest absolute Gasteiger partial charge is 0.269 e. The number of ether oxygens (including phenoxy) is 2. The molecule has 3 rings (SSSR count). The molecule has 1 saturated heterocycles. The van der Waals surface area contributed by atoms with Crippen LogP contribution in [0.15, 0.2) is 35.5 Å². The van der Waals surface area contributed by atoms with Crippen LogP contribution >= 0.6 is 11.6 Å². The summed E-state index contributed by atoms with van der Waals surface area (Å²) in [6.07, 6.45) is 6.64. The highest BCUT2D eigenvalue weighted by atomic mass is 35.5. The summed E-state index contributed by atoms with van der Waals surface area (Å²) in [4.78, 5) is 24.2. The molecule has 1 aliphatic heterocycles. The summed E-state index contributed by atoms with van der Waals surface area (Å²) < 4.78 is 10.6. The lowest BCUT2D eigenvalue weighted by molar-refractivity contribution is -0.119. The zero-order valence-electron chi connectivity index (χ0n) is 20.6. The van der Waals surface area contributed by atoms with Crippen molar-refractivity contribution < 1.29 is 19.1 Å². The average Bonchev–Trinajstić information content (AvgIpc) is 3.28. The van der Waals surface area contributed by atoms with E-state index in [-0.39, 0.29) is 17.5 Å². The summed E-state index contributed by atoms with van der Waals surface area (Å²) in [7, 11) is 3.17. The van der Waals surface area contributed by atoms with Crippen LogP contribution in [0.1, 0.15) is 56.9 Å². The van der Waals surface area contributed by atoms with Crippen LogP contribution in [0.3, 0.4) is 0 Å². The highest BCUT2D eigenvalue weighted by Gasteiger charge is 2.27. The molecule has 1 aliphatic carbocycles. The minimum absolute atomic E-state index is 0.0000322. The topological polar surface area (TPSA) is 113 Å². The Morgan fingerprint density at radius 2 is 1.91 bits per heavy atom. The molecule has 192 valence electrons. The molecule has 0 radical (unpaired) electrons. The van der Waals surface area contributed by atoms with Gasteiger partial charge in [-0.05, 0) is 62.1 Å². The fourth-order valence-electron chi connectivity index (χ4n) is 4.74. The van der Waals surface area contributed by atoms with Gasteiger partial charge in [0.15, 0.2) is 6.29 Å². The highest BCUT2D eigenvalue weighted by molar-refractivity contribution is 6.44. The Hall–Kier alpha value is -2.42. The van der Waals surface area contributed by atoms with Gasteiger partial charge < -0.3 is 25.4 Å². The van der Waals surface area contributed by atoms with Crippen LogP contribution in [0.25, 0.3) is 0 Å². The third-order valence-electron chi connectivity index (χ3n) is 6.81. The van der Waals surface area contributed by atoms with Crippen molar-refractivity contribution in [1.82, 2.24) is 16.0 Å². The van der Waals surface area contributed by atoms with Gasteiger partial charge in [-0.2, -0.15) is 0 Å². The molecule has 2 aliphatic rings. The number of carbonyl (C=O) groups excluding carboxylic acids is 2. The summed E-state index contributed by atoms with van der Waals surface area (Å²) in [6, 6.07) is 7.58. The molecule has 1 heterocycles. The molecule has 35 heavy (non-hydrogen) atoms. The SMILES string of the molecule is COC(CNC1=C(C(=N)C(=O)NCc2ccc(Cl)cc2)CCC(CCC[C@H]2CCC(=O)N2)C1)OC. The normalized spacial score (nSPS) is 20.2. The maximum Gasteiger partial charge on any atom is 0.269 e. The largest absolute Gasteiger partial charge is 0.383 e. The predicted molar refractivity (Wildman–Crippen MR) is 136 cm³/mol. The van der Waals surface area contributed by atoms with Gasteiger partial charge in [-0.3, -0.25) is 15.0 Å². The average molecular weight is 505 g/mol. The Kier molecular flexibility index (Phi) is 10.6. The predicted octanol–water partition coefficient (Wildman–Crippen LogP) is 3.69. The molecule has 1 unspecified atom stereocenters. The fourth-order valence-corrected chi connectivity index (χ4v) is 4.87. The Labute approximate surface area is 212 Å². The van der Waals surface area contributed by atoms with Crippen LogP contribution in [-0.4, -0.2) is 50.6 Å². The molecular formula is C26H37ClN4O4. The van der Waals surface area contributed by atoms with E-state index in [1.165, 1.54) is 0 Å². The van der Waals surface area contributed by atoms with Crippen LogP contribution in [0.2, 0.25) is 5.02 Å². The van der Waals surface area contributed by atoms with Crippen LogP contribution in [0.5, 0.6) is 0 Å². The van der Waals surface area contributed by atoms with Crippen molar-refractivity contribution in [3.05, 3.63) is 46.1 Å². The van der Waals surface area contributed by atoms with Gasteiger partial charge in [0.05, 0.1) is 6.54 Å². The van der Waals surface area contributed by atoms with Gasteiger partial charge in [0.1, 0.15) is 5.71 Å². The number of methoxy groups -OCH3 is 2. The quantitative estimate of drug-likeness (QED) is 0.242. The molecule has 1 aromatic carbocycles. The fraction of sp³-hybridized carbons (Fsp3) is 0.577. The molecule has 2 amide bonds. The van der Waals surface area contributed by atoms with E-state index in [1.54, 1.807) is 26.4 Å². The molecule has 9 heteroatoms. The molecular weight excluding hydrogens is 468 g/mol. The van der Waals surface area contributed by atoms with Crippen molar-refractivity contribution in [1.29, 1.82) is 5.41 Å². The van der Waals surface area contributed by atoms with Gasteiger partial charge in [0, 0.05) is 49.5 Å². The van der Waals surface area contributed by atoms with E-state index in [4.69, 9.17) is 26.5 Å². The van der Waals surface area contributed by atoms with Gasteiger partial charge in [0.2, 0.25) is 5.91 Å². The first-order chi connectivity index (χ1) is 16.9. The second-order valence-electron chi connectivity index (χ2n) is 9.27. The summed E-state index contributed by atoms with van der Waals surface area (Å²) in [5.41, 5.74) is 2.60. The van der Waals surface area contributed by atoms with Gasteiger partial charge >= 0.3 is 0 Å². The third kappa shape index (κ3) is 8.33. The first kappa shape index (κ1) is 27.2. The Balaban J connectivity index is 1.60. The van der Waals surface area contributed by atoms with E-state index in [9.17, 15) is 9.59 Å². The zero-order chi connectivity index (χ0) is 25.2. The minimum Gasteiger partial charge on any atom is -0.383 e. The maximum atomic E-state index is 12.8. The Morgan fingerprint density at radius 3 is 2.57 bits per heavy atom. The maximum absolute atomic E-state index is 12.8. The van der Waals surface area contributed by atoms with E-state index >= 15 is 0 Å². The second-order valence-corrected chi connectivity index (χ2v) is 9.70. The van der Waals surface area contributed by atoms with Crippen molar-refractivity contribution in [2.45, 2.75) is 70.2 Å². The van der Waals surface area contributed by atoms with Crippen molar-refractivity contribution in [3.63, 3.8) is 0 Å². The summed E-state index contributed by atoms with van der Waals surface area (Å²) in [5.74, 6) is 0.233. The Bertz CT molecular complexity index is 914. The number of rotatable bonds is 13. The molecule has 0 spiro atoms. The van der Waals surface area contributed by atoms with Gasteiger partial charge in [-0.15, -0.1) is 0 Å². The lowest BCUT2D eigenvalue weighted by atomic mass is 9.82. The standard InChI is InChI=1S/C26H37ClN4O4/c1-34-24(35-2)16-29-22-14-17(4-3-5-20-11-13-23(32)31-20)8-12-21(22)25(28)26(33)30-15-18-6-9-19(27)10-7-18/h6-7,9-10,17,20,24,28-29H,3-5,8,11-16H2,1-2H3,(H,30,33)(H,31,32)/t17?,20-/m0/s1. The molecule has 0 bridgehead atoms. The molecule has 1 aromatic rings. The number of amides is 2. The van der Waals surface area contributed by atoms with E-state index in [2.05, 4.69) is 16.0 Å². The zero-order valence-corrected chi connectivity index (χ0v) is 21.4. The first-order valence-electron chi connectivity index (χ1n) is 12.3. The highest BCUT2D eigenvalue weighted by Crippen LogP contribution is 2.32. The van der Waals surface area contributed by atoms with Crippen LogP contribution in [-0.2, 0) is 25.6 Å². The van der Waals surface area contributed by atoms with Crippen molar-refractivity contribution in [3.8, 4) is 0 Å². The summed E-state index contributed by atoms with van der Waals surface area (Å²) in [5, 5.41) is 18.5. The number of hydrogen-bond donors (Lipinski definition) is 4. The van der Waals surface area contributed by atoms with E-state index in [0.717, 1.165) is 55.4 Å². The van der Waals surface area contributed by atoms with Crippen molar-refractivity contribution >= 4 is 29.1 Å². The second kappa shape index (κ2) is 13.6. The lowest BCUT2D eigenvalue weighted by Crippen LogP contribution is -2.36. The molecule has 2 atom stereocenters. The van der Waals surface area contributed by atoms with Gasteiger partial charge in [-0.25, -0.2) is 0 Å². The molecule has 1 fully saturated rings. The number of halogens is 1. The van der Waals surface area contributed by atoms with Crippen LogP contribution in [0.4, 0.5) is 0 Å². The van der Waals surface area contributed by atoms with Gasteiger partial charge in [0.25, 0.3) is 5.91 Å². The number of nitrogens with one attached hydrogen (secondary N) is 4. The molecule has 8 nitrogen and oxygen atoms in total. The van der Waals surface area contributed by atoms with Crippen LogP contribution in [0, 0.1) is 11.3 Å². The number of benzene rings is 1. The van der Waals surface area contributed by atoms with Crippen molar-refractivity contribution in [2.24, 2.45) is 5.92 Å². The lowest BCUT2D eigenvalue weighted by Gasteiger charge is -2.29. The number of allylic oxidation sites excluding steroid dienone is 1. The molecule has 4 N–H and O–H groups in total. The summed E-state index contributed by atoms with van der Waals surface area (Å²) >= 11 is 5.93. The summed E-state index contributed by atoms with van der Waals surface area (Å²) in [6.45, 7) is 0.774. The molecule has 0 aromatic heterocycles. The van der Waals surface area contributed by atoms with E-state index in [1.807, 2.05) is 12.1 Å². The van der Waals surface area contributed by atoms with Gasteiger partial charge in [-0.1, -0.05) is 30.2 Å². The third-order valence-corrected chi connectivity index (χ3v) is 7.06. The molecule has 0 saturated carbocycles. The number of carbonyl (C=O) groups is 2. The van der Waals surface area contributed by atoms with E-state index in [0.29, 0.717) is 42.9 Å².